The Hall–Kier alpha value is -2.45. The summed E-state index contributed by atoms with van der Waals surface area (Å²) in [6.45, 7) is -0.470. The maximum absolute atomic E-state index is 12.4. The maximum Gasteiger partial charge on any atom is 0.305 e. The second-order valence-corrected chi connectivity index (χ2v) is 6.48. The van der Waals surface area contributed by atoms with Gasteiger partial charge in [-0.2, -0.15) is 4.98 Å². The predicted molar refractivity (Wildman–Crippen MR) is 94.1 cm³/mol. The molecule has 0 aromatic carbocycles. The highest BCUT2D eigenvalue weighted by molar-refractivity contribution is 5.74. The van der Waals surface area contributed by atoms with E-state index in [1.165, 1.54) is 12.0 Å². The molecule has 13 nitrogen and oxygen atoms in total. The van der Waals surface area contributed by atoms with E-state index in [9.17, 15) is 30.0 Å². The first-order chi connectivity index (χ1) is 13.3. The van der Waals surface area contributed by atoms with Gasteiger partial charge in [-0.05, 0) is 6.42 Å². The molecule has 3 heterocycles. The number of esters is 1. The number of aliphatic hydroxyl groups is 4. The third-order valence-corrected chi connectivity index (χ3v) is 4.75. The molecule has 1 fully saturated rings. The molecule has 3 rings (SSSR count). The van der Waals surface area contributed by atoms with Gasteiger partial charge in [0.05, 0.1) is 13.7 Å². The predicted octanol–water partition coefficient (Wildman–Crippen LogP) is -3.35. The van der Waals surface area contributed by atoms with Crippen LogP contribution in [0.1, 0.15) is 12.8 Å². The van der Waals surface area contributed by atoms with Gasteiger partial charge in [0, 0.05) is 13.0 Å². The Morgan fingerprint density at radius 3 is 2.68 bits per heavy atom. The number of ether oxygens (including phenoxy) is 2. The van der Waals surface area contributed by atoms with Gasteiger partial charge in [0.2, 0.25) is 12.3 Å². The Labute approximate surface area is 158 Å². The highest BCUT2D eigenvalue weighted by Crippen LogP contribution is 2.39. The van der Waals surface area contributed by atoms with Crippen LogP contribution in [0.15, 0.2) is 4.79 Å². The largest absolute Gasteiger partial charge is 0.469 e. The van der Waals surface area contributed by atoms with Crippen molar-refractivity contribution in [1.82, 2.24) is 9.97 Å². The maximum atomic E-state index is 12.4. The fraction of sp³-hybridized carbons (Fsp3) is 0.667. The van der Waals surface area contributed by atoms with E-state index in [1.54, 1.807) is 0 Å². The quantitative estimate of drug-likeness (QED) is 0.260. The average Bonchev–Trinajstić information content (AvgIpc) is 3.09. The number of aliphatic hydroxyl groups excluding tert-OH is 4. The lowest BCUT2D eigenvalue weighted by atomic mass is 10.1. The summed E-state index contributed by atoms with van der Waals surface area (Å²) in [5, 5.41) is 40.4. The number of anilines is 3. The zero-order valence-corrected chi connectivity index (χ0v) is 15.1. The van der Waals surface area contributed by atoms with Crippen LogP contribution in [0.2, 0.25) is 0 Å². The van der Waals surface area contributed by atoms with Crippen molar-refractivity contribution in [1.29, 1.82) is 0 Å². The molecule has 0 aliphatic carbocycles. The number of aromatic amines is 1. The number of hydrogen-bond acceptors (Lipinski definition) is 12. The number of hydrogen-bond donors (Lipinski definition) is 6. The summed E-state index contributed by atoms with van der Waals surface area (Å²) < 4.78 is 10.0. The van der Waals surface area contributed by atoms with Crippen LogP contribution in [-0.2, 0) is 14.3 Å². The SMILES string of the molecule is COC(=O)CCCN1c2c(nc(N)[nH]c2=O)N(C2OC(CO)C(O)C2O)C1O. The Morgan fingerprint density at radius 1 is 1.36 bits per heavy atom. The van der Waals surface area contributed by atoms with Crippen LogP contribution in [-0.4, -0.2) is 87.5 Å². The first-order valence-electron chi connectivity index (χ1n) is 8.62. The monoisotopic (exact) mass is 401 g/mol. The summed E-state index contributed by atoms with van der Waals surface area (Å²) >= 11 is 0. The third-order valence-electron chi connectivity index (χ3n) is 4.75. The number of nitrogens with one attached hydrogen (secondary N) is 1. The van der Waals surface area contributed by atoms with Crippen molar-refractivity contribution in [2.75, 3.05) is 35.8 Å². The van der Waals surface area contributed by atoms with E-state index in [0.29, 0.717) is 0 Å². The van der Waals surface area contributed by atoms with Gasteiger partial charge in [-0.25, -0.2) is 0 Å². The zero-order valence-electron chi connectivity index (χ0n) is 15.1. The van der Waals surface area contributed by atoms with Crippen LogP contribution in [0.4, 0.5) is 17.5 Å². The molecule has 5 unspecified atom stereocenters. The smallest absolute Gasteiger partial charge is 0.305 e. The Morgan fingerprint density at radius 2 is 2.07 bits per heavy atom. The first-order valence-corrected chi connectivity index (χ1v) is 8.62. The van der Waals surface area contributed by atoms with E-state index in [1.807, 2.05) is 0 Å². The molecular weight excluding hydrogens is 378 g/mol. The van der Waals surface area contributed by atoms with Crippen LogP contribution < -0.4 is 21.1 Å². The molecule has 1 saturated heterocycles. The Bertz CT molecular complexity index is 788. The number of nitrogens with zero attached hydrogens (tertiary/aromatic N) is 3. The molecule has 0 spiro atoms. The van der Waals surface area contributed by atoms with Crippen molar-refractivity contribution in [3.05, 3.63) is 10.4 Å². The molecule has 5 atom stereocenters. The highest BCUT2D eigenvalue weighted by atomic mass is 16.6. The van der Waals surface area contributed by atoms with Gasteiger partial charge in [0.15, 0.2) is 12.0 Å². The summed E-state index contributed by atoms with van der Waals surface area (Å²) in [6, 6.07) is 0. The molecular formula is C15H23N5O8. The van der Waals surface area contributed by atoms with Gasteiger partial charge < -0.3 is 40.5 Å². The van der Waals surface area contributed by atoms with Gasteiger partial charge in [0.1, 0.15) is 24.0 Å². The van der Waals surface area contributed by atoms with E-state index < -0.39 is 49.0 Å². The number of nitrogens with two attached hydrogens (primary N) is 1. The summed E-state index contributed by atoms with van der Waals surface area (Å²) in [7, 11) is 1.25. The topological polar surface area (TPSA) is 195 Å². The van der Waals surface area contributed by atoms with Crippen LogP contribution >= 0.6 is 0 Å². The van der Waals surface area contributed by atoms with Gasteiger partial charge in [0.25, 0.3) is 5.56 Å². The second-order valence-electron chi connectivity index (χ2n) is 6.48. The summed E-state index contributed by atoms with van der Waals surface area (Å²) in [5.74, 6) is -0.718. The van der Waals surface area contributed by atoms with E-state index in [-0.39, 0.29) is 36.8 Å². The number of methoxy groups -OCH3 is 1. The molecule has 156 valence electrons. The van der Waals surface area contributed by atoms with E-state index in [2.05, 4.69) is 14.7 Å². The van der Waals surface area contributed by atoms with Crippen molar-refractivity contribution in [2.45, 2.75) is 43.7 Å². The molecule has 0 amide bonds. The summed E-state index contributed by atoms with van der Waals surface area (Å²) in [6.07, 6.45) is -6.44. The Kier molecular flexibility index (Phi) is 5.71. The van der Waals surface area contributed by atoms with Gasteiger partial charge >= 0.3 is 5.97 Å². The zero-order chi connectivity index (χ0) is 20.6. The third kappa shape index (κ3) is 3.38. The number of nitrogen functional groups attached to an aromatic ring is 1. The lowest BCUT2D eigenvalue weighted by molar-refractivity contribution is -0.140. The molecule has 0 radical (unpaired) electrons. The standard InChI is InChI=1S/C15H23N5O8/c1-27-7(22)3-2-4-19-8-11(17-14(16)18-12(8)25)20(15(19)26)13-10(24)9(23)6(5-21)28-13/h6,9-10,13,15,21,23-24,26H,2-5H2,1H3,(H3,16,17,18,25). The van der Waals surface area contributed by atoms with Crippen molar-refractivity contribution >= 4 is 23.4 Å². The van der Waals surface area contributed by atoms with Crippen LogP contribution in [0.5, 0.6) is 0 Å². The van der Waals surface area contributed by atoms with Crippen molar-refractivity contribution in [3.63, 3.8) is 0 Å². The number of carbonyl (C=O) groups excluding carboxylic acids is 1. The second kappa shape index (κ2) is 7.89. The van der Waals surface area contributed by atoms with Crippen molar-refractivity contribution in [3.8, 4) is 0 Å². The van der Waals surface area contributed by atoms with Crippen LogP contribution in [0, 0.1) is 0 Å². The molecule has 2 aliphatic heterocycles. The van der Waals surface area contributed by atoms with Gasteiger partial charge in [-0.3, -0.25) is 19.5 Å². The van der Waals surface area contributed by atoms with Crippen molar-refractivity contribution < 1.29 is 34.7 Å². The number of aromatic nitrogens is 2. The van der Waals surface area contributed by atoms with E-state index in [0.717, 1.165) is 4.90 Å². The minimum Gasteiger partial charge on any atom is -0.469 e. The summed E-state index contributed by atoms with van der Waals surface area (Å²) in [4.78, 5) is 32.5. The van der Waals surface area contributed by atoms with E-state index in [4.69, 9.17) is 10.5 Å². The highest BCUT2D eigenvalue weighted by Gasteiger charge is 2.51. The number of fused-ring (bicyclic) bond motifs is 1. The molecule has 28 heavy (non-hydrogen) atoms. The lowest BCUT2D eigenvalue weighted by Crippen LogP contribution is -2.53. The molecule has 13 heteroatoms. The molecule has 0 bridgehead atoms. The molecule has 7 N–H and O–H groups in total. The molecule has 2 aliphatic rings. The van der Waals surface area contributed by atoms with Gasteiger partial charge in [-0.1, -0.05) is 0 Å². The fourth-order valence-corrected chi connectivity index (χ4v) is 3.37. The van der Waals surface area contributed by atoms with Gasteiger partial charge in [-0.15, -0.1) is 0 Å². The van der Waals surface area contributed by atoms with Crippen LogP contribution in [0.3, 0.4) is 0 Å². The summed E-state index contributed by atoms with van der Waals surface area (Å²) in [5.41, 5.74) is 4.95. The Balaban J connectivity index is 1.93. The van der Waals surface area contributed by atoms with Crippen LogP contribution in [0.25, 0.3) is 0 Å². The average molecular weight is 401 g/mol. The molecule has 1 aromatic heterocycles. The first kappa shape index (κ1) is 20.3. The normalized spacial score (nSPS) is 29.2. The minimum atomic E-state index is -1.49. The number of rotatable bonds is 6. The molecule has 1 aromatic rings. The number of carbonyl (C=O) groups is 1. The van der Waals surface area contributed by atoms with E-state index >= 15 is 0 Å². The molecule has 0 saturated carbocycles. The fourth-order valence-electron chi connectivity index (χ4n) is 3.37. The minimum absolute atomic E-state index is 0.0238. The van der Waals surface area contributed by atoms with Crippen molar-refractivity contribution in [2.24, 2.45) is 0 Å². The number of H-pyrrole nitrogens is 1. The lowest BCUT2D eigenvalue weighted by Gasteiger charge is -2.32.